The summed E-state index contributed by atoms with van der Waals surface area (Å²) in [7, 11) is 0. The minimum absolute atomic E-state index is 0.294. The number of carboxylic acid groups (broad SMARTS) is 1. The van der Waals surface area contributed by atoms with Crippen molar-refractivity contribution in [1.82, 2.24) is 10.0 Å². The number of hydrogen-bond acceptors (Lipinski definition) is 3. The van der Waals surface area contributed by atoms with Gasteiger partial charge in [0.25, 0.3) is 0 Å². The van der Waals surface area contributed by atoms with Gasteiger partial charge in [-0.25, -0.2) is 14.8 Å². The van der Waals surface area contributed by atoms with Crippen LogP contribution in [-0.2, 0) is 6.54 Å². The van der Waals surface area contributed by atoms with Gasteiger partial charge < -0.3 is 9.52 Å². The quantitative estimate of drug-likeness (QED) is 0.841. The Morgan fingerprint density at radius 1 is 1.26 bits per heavy atom. The molecule has 102 valence electrons. The van der Waals surface area contributed by atoms with E-state index in [0.717, 1.165) is 16.5 Å². The minimum Gasteiger partial charge on any atom is -0.464 e. The highest BCUT2D eigenvalue weighted by molar-refractivity contribution is 5.80. The summed E-state index contributed by atoms with van der Waals surface area (Å²) in [6, 6.07) is 7.63. The van der Waals surface area contributed by atoms with Gasteiger partial charge in [-0.1, -0.05) is 32.0 Å². The van der Waals surface area contributed by atoms with Crippen molar-refractivity contribution in [2.24, 2.45) is 0 Å². The number of carbonyl (C=O) groups is 1. The van der Waals surface area contributed by atoms with Gasteiger partial charge in [0.2, 0.25) is 0 Å². The van der Waals surface area contributed by atoms with Crippen molar-refractivity contribution in [1.29, 1.82) is 0 Å². The molecule has 0 bridgehead atoms. The molecule has 0 unspecified atom stereocenters. The fraction of sp³-hybridized carbons (Fsp3) is 0.357. The standard InChI is InChI=1S/C14H18N2O3/c1-3-15(4-2)16(14(17)18)10-12-7-5-6-11-8-9-19-13(11)12/h5-9H,3-4,10H2,1-2H3,(H,17,18). The number of rotatable bonds is 5. The van der Waals surface area contributed by atoms with E-state index in [1.54, 1.807) is 11.3 Å². The van der Waals surface area contributed by atoms with Crippen LogP contribution in [0.1, 0.15) is 19.4 Å². The smallest absolute Gasteiger partial charge is 0.422 e. The second kappa shape index (κ2) is 5.75. The lowest BCUT2D eigenvalue weighted by Gasteiger charge is -2.30. The summed E-state index contributed by atoms with van der Waals surface area (Å²) < 4.78 is 5.44. The van der Waals surface area contributed by atoms with E-state index < -0.39 is 6.09 Å². The summed E-state index contributed by atoms with van der Waals surface area (Å²) in [5.41, 5.74) is 1.62. The molecule has 0 aliphatic carbocycles. The molecule has 2 aromatic rings. The minimum atomic E-state index is -0.952. The van der Waals surface area contributed by atoms with Gasteiger partial charge in [-0.2, -0.15) is 0 Å². The Balaban J connectivity index is 2.31. The van der Waals surface area contributed by atoms with E-state index >= 15 is 0 Å². The van der Waals surface area contributed by atoms with Crippen molar-refractivity contribution in [3.8, 4) is 0 Å². The topological polar surface area (TPSA) is 56.9 Å². The highest BCUT2D eigenvalue weighted by Gasteiger charge is 2.20. The molecular weight excluding hydrogens is 244 g/mol. The molecule has 0 atom stereocenters. The van der Waals surface area contributed by atoms with E-state index in [4.69, 9.17) is 4.42 Å². The highest BCUT2D eigenvalue weighted by atomic mass is 16.4. The molecule has 0 saturated heterocycles. The van der Waals surface area contributed by atoms with Gasteiger partial charge in [0.15, 0.2) is 0 Å². The Labute approximate surface area is 112 Å². The van der Waals surface area contributed by atoms with Crippen molar-refractivity contribution < 1.29 is 14.3 Å². The van der Waals surface area contributed by atoms with Gasteiger partial charge >= 0.3 is 6.09 Å². The Morgan fingerprint density at radius 2 is 2.00 bits per heavy atom. The van der Waals surface area contributed by atoms with E-state index in [9.17, 15) is 9.90 Å². The fourth-order valence-corrected chi connectivity index (χ4v) is 2.19. The third-order valence-corrected chi connectivity index (χ3v) is 3.17. The van der Waals surface area contributed by atoms with Crippen LogP contribution in [0.3, 0.4) is 0 Å². The maximum absolute atomic E-state index is 11.4. The molecule has 1 aromatic carbocycles. The predicted molar refractivity (Wildman–Crippen MR) is 72.7 cm³/mol. The van der Waals surface area contributed by atoms with Crippen LogP contribution < -0.4 is 0 Å². The van der Waals surface area contributed by atoms with E-state index in [2.05, 4.69) is 0 Å². The largest absolute Gasteiger partial charge is 0.464 e. The zero-order valence-electron chi connectivity index (χ0n) is 11.2. The van der Waals surface area contributed by atoms with Crippen LogP contribution in [0.15, 0.2) is 34.9 Å². The summed E-state index contributed by atoms with van der Waals surface area (Å²) in [5.74, 6) is 0. The van der Waals surface area contributed by atoms with Gasteiger partial charge in [0.1, 0.15) is 5.58 Å². The molecule has 2 rings (SSSR count). The van der Waals surface area contributed by atoms with E-state index in [1.807, 2.05) is 38.1 Å². The molecule has 0 spiro atoms. The number of nitrogens with zero attached hydrogens (tertiary/aromatic N) is 2. The SMILES string of the molecule is CCN(CC)N(Cc1cccc2ccoc12)C(=O)O. The van der Waals surface area contributed by atoms with Gasteiger partial charge in [0, 0.05) is 24.0 Å². The first-order valence-electron chi connectivity index (χ1n) is 6.37. The maximum atomic E-state index is 11.4. The number of fused-ring (bicyclic) bond motifs is 1. The lowest BCUT2D eigenvalue weighted by atomic mass is 10.1. The number of amides is 1. The lowest BCUT2D eigenvalue weighted by Crippen LogP contribution is -2.45. The molecule has 1 amide bonds. The molecule has 0 radical (unpaired) electrons. The zero-order chi connectivity index (χ0) is 13.8. The first-order chi connectivity index (χ1) is 9.17. The summed E-state index contributed by atoms with van der Waals surface area (Å²) in [4.78, 5) is 11.4. The molecule has 0 saturated carbocycles. The Morgan fingerprint density at radius 3 is 2.63 bits per heavy atom. The maximum Gasteiger partial charge on any atom is 0.422 e. The molecule has 19 heavy (non-hydrogen) atoms. The summed E-state index contributed by atoms with van der Waals surface area (Å²) in [6.07, 6.45) is 0.670. The second-order valence-corrected chi connectivity index (χ2v) is 4.24. The summed E-state index contributed by atoms with van der Waals surface area (Å²) in [6.45, 7) is 5.47. The normalized spacial score (nSPS) is 11.1. The fourth-order valence-electron chi connectivity index (χ4n) is 2.19. The van der Waals surface area contributed by atoms with Crippen LogP contribution in [0.25, 0.3) is 11.0 Å². The van der Waals surface area contributed by atoms with Gasteiger partial charge in [-0.05, 0) is 6.07 Å². The van der Waals surface area contributed by atoms with Gasteiger partial charge in [-0.15, -0.1) is 0 Å². The number of hydrogen-bond donors (Lipinski definition) is 1. The first-order valence-corrected chi connectivity index (χ1v) is 6.37. The Hall–Kier alpha value is -2.01. The van der Waals surface area contributed by atoms with Crippen LogP contribution in [0.2, 0.25) is 0 Å². The summed E-state index contributed by atoms with van der Waals surface area (Å²) >= 11 is 0. The Kier molecular flexibility index (Phi) is 4.06. The monoisotopic (exact) mass is 262 g/mol. The van der Waals surface area contributed by atoms with E-state index in [1.165, 1.54) is 5.01 Å². The lowest BCUT2D eigenvalue weighted by molar-refractivity contribution is -0.00797. The molecule has 1 heterocycles. The van der Waals surface area contributed by atoms with E-state index in [0.29, 0.717) is 19.6 Å². The van der Waals surface area contributed by atoms with Gasteiger partial charge in [0.05, 0.1) is 12.8 Å². The van der Waals surface area contributed by atoms with Crippen LogP contribution in [0.4, 0.5) is 4.79 Å². The van der Waals surface area contributed by atoms with Crippen LogP contribution in [0, 0.1) is 0 Å². The number of furan rings is 1. The first kappa shape index (κ1) is 13.4. The molecular formula is C14H18N2O3. The Bertz CT molecular complexity index is 561. The number of benzene rings is 1. The predicted octanol–water partition coefficient (Wildman–Crippen LogP) is 3.17. The molecule has 0 aliphatic rings. The molecule has 1 aromatic heterocycles. The molecule has 0 fully saturated rings. The third kappa shape index (κ3) is 2.71. The molecule has 0 aliphatic heterocycles. The molecule has 5 heteroatoms. The van der Waals surface area contributed by atoms with Crippen molar-refractivity contribution in [2.75, 3.05) is 13.1 Å². The van der Waals surface area contributed by atoms with Crippen LogP contribution in [0.5, 0.6) is 0 Å². The number of para-hydroxylation sites is 1. The van der Waals surface area contributed by atoms with Crippen molar-refractivity contribution in [3.05, 3.63) is 36.1 Å². The second-order valence-electron chi connectivity index (χ2n) is 4.24. The number of hydrazine groups is 1. The average molecular weight is 262 g/mol. The van der Waals surface area contributed by atoms with Crippen molar-refractivity contribution >= 4 is 17.1 Å². The molecule has 5 nitrogen and oxygen atoms in total. The average Bonchev–Trinajstić information content (AvgIpc) is 2.87. The van der Waals surface area contributed by atoms with Crippen molar-refractivity contribution in [2.45, 2.75) is 20.4 Å². The highest BCUT2D eigenvalue weighted by Crippen LogP contribution is 2.21. The third-order valence-electron chi connectivity index (χ3n) is 3.17. The summed E-state index contributed by atoms with van der Waals surface area (Å²) in [5, 5.41) is 13.4. The zero-order valence-corrected chi connectivity index (χ0v) is 11.2. The van der Waals surface area contributed by atoms with Crippen LogP contribution in [-0.4, -0.2) is 34.3 Å². The van der Waals surface area contributed by atoms with E-state index in [-0.39, 0.29) is 0 Å². The molecule has 1 N–H and O–H groups in total. The van der Waals surface area contributed by atoms with Crippen LogP contribution >= 0.6 is 0 Å². The van der Waals surface area contributed by atoms with Crippen molar-refractivity contribution in [3.63, 3.8) is 0 Å². The van der Waals surface area contributed by atoms with Gasteiger partial charge in [-0.3, -0.25) is 0 Å².